The Kier molecular flexibility index (Phi) is 2.15. The summed E-state index contributed by atoms with van der Waals surface area (Å²) in [5.74, 6) is 0.855. The van der Waals surface area contributed by atoms with Gasteiger partial charge in [-0.1, -0.05) is 0 Å². The van der Waals surface area contributed by atoms with Gasteiger partial charge < -0.3 is 10.0 Å². The van der Waals surface area contributed by atoms with Gasteiger partial charge in [-0.2, -0.15) is 5.10 Å². The van der Waals surface area contributed by atoms with Gasteiger partial charge in [0.15, 0.2) is 5.82 Å². The molecule has 0 radical (unpaired) electrons. The van der Waals surface area contributed by atoms with Crippen molar-refractivity contribution in [1.82, 2.24) is 10.2 Å². The van der Waals surface area contributed by atoms with Crippen molar-refractivity contribution in [3.05, 3.63) is 17.8 Å². The van der Waals surface area contributed by atoms with Gasteiger partial charge in [0.25, 0.3) is 0 Å². The Labute approximate surface area is 83.6 Å². The topological polar surface area (TPSA) is 49.2 Å². The number of nitrogens with zero attached hydrogens (tertiary/aromatic N) is 3. The first-order valence-corrected chi connectivity index (χ1v) is 4.84. The van der Waals surface area contributed by atoms with Crippen molar-refractivity contribution in [2.24, 2.45) is 0 Å². The molecule has 1 aliphatic heterocycles. The zero-order chi connectivity index (χ0) is 10.2. The lowest BCUT2D eigenvalue weighted by Gasteiger charge is -2.19. The smallest absolute Gasteiger partial charge is 0.151 e. The van der Waals surface area contributed by atoms with Gasteiger partial charge in [0.1, 0.15) is 0 Å². The lowest BCUT2D eigenvalue weighted by molar-refractivity contribution is 0.0839. The first-order valence-electron chi connectivity index (χ1n) is 4.84. The highest BCUT2D eigenvalue weighted by Gasteiger charge is 2.31. The molecule has 0 spiro atoms. The highest BCUT2D eigenvalue weighted by Crippen LogP contribution is 2.24. The van der Waals surface area contributed by atoms with Crippen molar-refractivity contribution in [3.63, 3.8) is 0 Å². The first kappa shape index (κ1) is 9.40. The van der Waals surface area contributed by atoms with E-state index in [1.807, 2.05) is 26.0 Å². The van der Waals surface area contributed by atoms with Gasteiger partial charge in [-0.05, 0) is 32.4 Å². The molecule has 1 saturated heterocycles. The Morgan fingerprint density at radius 1 is 1.43 bits per heavy atom. The van der Waals surface area contributed by atoms with E-state index in [0.717, 1.165) is 24.5 Å². The fraction of sp³-hybridized carbons (Fsp3) is 0.600. The lowest BCUT2D eigenvalue weighted by Crippen LogP contribution is -2.30. The minimum atomic E-state index is -0.577. The number of hydrogen-bond acceptors (Lipinski definition) is 4. The predicted molar refractivity (Wildman–Crippen MR) is 54.2 cm³/mol. The van der Waals surface area contributed by atoms with E-state index in [1.54, 1.807) is 0 Å². The number of β-amino-alcohol motifs (C(OH)–C–C–N with tert-alkyl or cyclic N) is 1. The van der Waals surface area contributed by atoms with Gasteiger partial charge >= 0.3 is 0 Å². The van der Waals surface area contributed by atoms with Crippen molar-refractivity contribution in [1.29, 1.82) is 0 Å². The third-order valence-electron chi connectivity index (χ3n) is 2.56. The number of aromatic nitrogens is 2. The molecule has 0 saturated carbocycles. The van der Waals surface area contributed by atoms with E-state index in [4.69, 9.17) is 0 Å². The minimum Gasteiger partial charge on any atom is -0.388 e. The quantitative estimate of drug-likeness (QED) is 0.715. The second kappa shape index (κ2) is 3.20. The molecule has 1 atom stereocenters. The van der Waals surface area contributed by atoms with Crippen LogP contribution in [0.4, 0.5) is 5.82 Å². The summed E-state index contributed by atoms with van der Waals surface area (Å²) in [6.07, 6.45) is 0.794. The first-order chi connectivity index (χ1) is 6.57. The molecule has 2 heterocycles. The highest BCUT2D eigenvalue weighted by molar-refractivity contribution is 5.39. The van der Waals surface area contributed by atoms with Crippen LogP contribution < -0.4 is 4.90 Å². The molecular formula is C10H15N3O. The van der Waals surface area contributed by atoms with Crippen LogP contribution in [0.25, 0.3) is 0 Å². The molecule has 76 valence electrons. The molecule has 1 aromatic rings. The summed E-state index contributed by atoms with van der Waals surface area (Å²) in [6.45, 7) is 5.26. The summed E-state index contributed by atoms with van der Waals surface area (Å²) < 4.78 is 0. The van der Waals surface area contributed by atoms with Crippen molar-refractivity contribution < 1.29 is 5.11 Å². The molecule has 14 heavy (non-hydrogen) atoms. The SMILES string of the molecule is Cc1ccc(N2CCC(C)(O)C2)nn1. The summed E-state index contributed by atoms with van der Waals surface area (Å²) in [6, 6.07) is 3.89. The molecule has 1 N–H and O–H groups in total. The van der Waals surface area contributed by atoms with E-state index in [9.17, 15) is 5.11 Å². The maximum atomic E-state index is 9.79. The molecule has 1 aromatic heterocycles. The maximum Gasteiger partial charge on any atom is 0.151 e. The van der Waals surface area contributed by atoms with Crippen LogP contribution in [-0.2, 0) is 0 Å². The molecule has 1 unspecified atom stereocenters. The summed E-state index contributed by atoms with van der Waals surface area (Å²) in [5.41, 5.74) is 0.340. The number of hydrogen-bond donors (Lipinski definition) is 1. The van der Waals surface area contributed by atoms with Crippen molar-refractivity contribution >= 4 is 5.82 Å². The largest absolute Gasteiger partial charge is 0.388 e. The van der Waals surface area contributed by atoms with E-state index >= 15 is 0 Å². The maximum absolute atomic E-state index is 9.79. The molecule has 0 amide bonds. The van der Waals surface area contributed by atoms with Crippen molar-refractivity contribution in [2.45, 2.75) is 25.9 Å². The molecule has 4 nitrogen and oxygen atoms in total. The van der Waals surface area contributed by atoms with Crippen LogP contribution >= 0.6 is 0 Å². The van der Waals surface area contributed by atoms with Crippen LogP contribution in [0, 0.1) is 6.92 Å². The average Bonchev–Trinajstić information content (AvgIpc) is 2.47. The standard InChI is InChI=1S/C10H15N3O/c1-8-3-4-9(12-11-8)13-6-5-10(2,14)7-13/h3-4,14H,5-7H2,1-2H3. The van der Waals surface area contributed by atoms with Crippen LogP contribution in [0.1, 0.15) is 19.0 Å². The summed E-state index contributed by atoms with van der Waals surface area (Å²) in [5, 5.41) is 17.9. The van der Waals surface area contributed by atoms with Crippen LogP contribution in [0.2, 0.25) is 0 Å². The summed E-state index contributed by atoms with van der Waals surface area (Å²) >= 11 is 0. The van der Waals surface area contributed by atoms with E-state index in [2.05, 4.69) is 15.1 Å². The number of anilines is 1. The van der Waals surface area contributed by atoms with Gasteiger partial charge in [-0.15, -0.1) is 5.10 Å². The predicted octanol–water partition coefficient (Wildman–Crippen LogP) is 0.746. The molecule has 0 aromatic carbocycles. The third kappa shape index (κ3) is 1.85. The molecule has 0 bridgehead atoms. The zero-order valence-corrected chi connectivity index (χ0v) is 8.56. The van der Waals surface area contributed by atoms with Gasteiger partial charge in [-0.3, -0.25) is 0 Å². The Bertz CT molecular complexity index is 321. The summed E-state index contributed by atoms with van der Waals surface area (Å²) in [7, 11) is 0. The van der Waals surface area contributed by atoms with Crippen LogP contribution in [0.15, 0.2) is 12.1 Å². The monoisotopic (exact) mass is 193 g/mol. The highest BCUT2D eigenvalue weighted by atomic mass is 16.3. The fourth-order valence-corrected chi connectivity index (χ4v) is 1.70. The van der Waals surface area contributed by atoms with E-state index < -0.39 is 5.60 Å². The molecule has 1 aliphatic rings. The van der Waals surface area contributed by atoms with Gasteiger partial charge in [-0.25, -0.2) is 0 Å². The van der Waals surface area contributed by atoms with E-state index in [0.29, 0.717) is 6.54 Å². The van der Waals surface area contributed by atoms with Crippen LogP contribution in [0.3, 0.4) is 0 Å². The van der Waals surface area contributed by atoms with E-state index in [-0.39, 0.29) is 0 Å². The van der Waals surface area contributed by atoms with E-state index in [1.165, 1.54) is 0 Å². The van der Waals surface area contributed by atoms with Crippen molar-refractivity contribution in [2.75, 3.05) is 18.0 Å². The average molecular weight is 193 g/mol. The summed E-state index contributed by atoms with van der Waals surface area (Å²) in [4.78, 5) is 2.06. The Morgan fingerprint density at radius 2 is 2.21 bits per heavy atom. The number of rotatable bonds is 1. The second-order valence-electron chi connectivity index (χ2n) is 4.20. The fourth-order valence-electron chi connectivity index (χ4n) is 1.70. The Balaban J connectivity index is 2.14. The number of aliphatic hydroxyl groups is 1. The number of aryl methyl sites for hydroxylation is 1. The van der Waals surface area contributed by atoms with Crippen LogP contribution in [0.5, 0.6) is 0 Å². The molecule has 2 rings (SSSR count). The second-order valence-corrected chi connectivity index (χ2v) is 4.20. The third-order valence-corrected chi connectivity index (χ3v) is 2.56. The molecular weight excluding hydrogens is 178 g/mol. The Hall–Kier alpha value is -1.16. The zero-order valence-electron chi connectivity index (χ0n) is 8.56. The van der Waals surface area contributed by atoms with Crippen molar-refractivity contribution in [3.8, 4) is 0 Å². The normalized spacial score (nSPS) is 26.9. The van der Waals surface area contributed by atoms with Gasteiger partial charge in [0, 0.05) is 13.1 Å². The Morgan fingerprint density at radius 3 is 2.71 bits per heavy atom. The molecule has 4 heteroatoms. The minimum absolute atomic E-state index is 0.577. The molecule has 0 aliphatic carbocycles. The van der Waals surface area contributed by atoms with Gasteiger partial charge in [0.2, 0.25) is 0 Å². The van der Waals surface area contributed by atoms with Crippen LogP contribution in [-0.4, -0.2) is 34.0 Å². The molecule has 1 fully saturated rings. The lowest BCUT2D eigenvalue weighted by atomic mass is 10.1. The van der Waals surface area contributed by atoms with Gasteiger partial charge in [0.05, 0.1) is 11.3 Å².